The molecule has 0 amide bonds. The molecule has 1 aromatic carbocycles. The maximum absolute atomic E-state index is 12.2. The van der Waals surface area contributed by atoms with Crippen molar-refractivity contribution < 1.29 is 8.42 Å². The standard InChI is InChI=1S/C10H14N6O2S2/c1-15(2)20(17,18)8-6-4-5-7(9(8)11)19-10-12-13-14-16(10)3/h4-6H,11H2,1-3H3. The van der Waals surface area contributed by atoms with Crippen molar-refractivity contribution in [2.45, 2.75) is 14.9 Å². The summed E-state index contributed by atoms with van der Waals surface area (Å²) in [7, 11) is 1.03. The molecule has 1 aromatic heterocycles. The molecule has 2 N–H and O–H groups in total. The van der Waals surface area contributed by atoms with Crippen LogP contribution >= 0.6 is 11.8 Å². The second kappa shape index (κ2) is 5.38. The first kappa shape index (κ1) is 14.8. The Kier molecular flexibility index (Phi) is 3.97. The van der Waals surface area contributed by atoms with Crippen molar-refractivity contribution in [3.8, 4) is 0 Å². The fourth-order valence-electron chi connectivity index (χ4n) is 1.44. The quantitative estimate of drug-likeness (QED) is 0.803. The minimum Gasteiger partial charge on any atom is -0.397 e. The van der Waals surface area contributed by atoms with Crippen molar-refractivity contribution in [3.63, 3.8) is 0 Å². The smallest absolute Gasteiger partial charge is 0.244 e. The lowest BCUT2D eigenvalue weighted by molar-refractivity contribution is 0.521. The molecule has 0 fully saturated rings. The zero-order chi connectivity index (χ0) is 14.9. The summed E-state index contributed by atoms with van der Waals surface area (Å²) in [6.07, 6.45) is 0. The number of nitrogens with zero attached hydrogens (tertiary/aromatic N) is 5. The number of tetrazole rings is 1. The first-order valence-corrected chi connectivity index (χ1v) is 7.81. The monoisotopic (exact) mass is 314 g/mol. The van der Waals surface area contributed by atoms with Crippen LogP contribution in [0, 0.1) is 0 Å². The first-order valence-electron chi connectivity index (χ1n) is 5.55. The number of anilines is 1. The topological polar surface area (TPSA) is 107 Å². The molecular weight excluding hydrogens is 300 g/mol. The lowest BCUT2D eigenvalue weighted by Crippen LogP contribution is -2.23. The number of para-hydroxylation sites is 1. The minimum absolute atomic E-state index is 0.0719. The van der Waals surface area contributed by atoms with Gasteiger partial charge in [0.1, 0.15) is 4.90 Å². The maximum Gasteiger partial charge on any atom is 0.244 e. The molecule has 0 aliphatic carbocycles. The zero-order valence-corrected chi connectivity index (χ0v) is 12.8. The number of aryl methyl sites for hydroxylation is 1. The van der Waals surface area contributed by atoms with Gasteiger partial charge < -0.3 is 5.73 Å². The number of sulfonamides is 1. The summed E-state index contributed by atoms with van der Waals surface area (Å²) >= 11 is 1.21. The lowest BCUT2D eigenvalue weighted by atomic mass is 10.3. The molecule has 10 heteroatoms. The largest absolute Gasteiger partial charge is 0.397 e. The van der Waals surface area contributed by atoms with Gasteiger partial charge in [0.05, 0.1) is 5.69 Å². The van der Waals surface area contributed by atoms with E-state index in [0.29, 0.717) is 10.1 Å². The van der Waals surface area contributed by atoms with Gasteiger partial charge in [-0.15, -0.1) is 5.10 Å². The van der Waals surface area contributed by atoms with E-state index in [0.717, 1.165) is 4.31 Å². The number of hydrogen-bond acceptors (Lipinski definition) is 7. The molecule has 1 heterocycles. The number of aromatic nitrogens is 4. The van der Waals surface area contributed by atoms with Gasteiger partial charge in [0.25, 0.3) is 0 Å². The summed E-state index contributed by atoms with van der Waals surface area (Å²) in [6, 6.07) is 4.84. The molecule has 0 spiro atoms. The van der Waals surface area contributed by atoms with Gasteiger partial charge in [0, 0.05) is 26.0 Å². The highest BCUT2D eigenvalue weighted by atomic mass is 32.2. The summed E-state index contributed by atoms with van der Waals surface area (Å²) < 4.78 is 26.9. The van der Waals surface area contributed by atoms with Crippen molar-refractivity contribution in [2.75, 3.05) is 19.8 Å². The third-order valence-electron chi connectivity index (χ3n) is 2.57. The highest BCUT2D eigenvalue weighted by Gasteiger charge is 2.22. The molecule has 0 radical (unpaired) electrons. The highest BCUT2D eigenvalue weighted by molar-refractivity contribution is 7.99. The molecule has 0 atom stereocenters. The summed E-state index contributed by atoms with van der Waals surface area (Å²) in [6.45, 7) is 0. The van der Waals surface area contributed by atoms with Gasteiger partial charge in [-0.2, -0.15) is 0 Å². The molecule has 0 saturated heterocycles. The Hall–Kier alpha value is -1.65. The molecule has 20 heavy (non-hydrogen) atoms. The van der Waals surface area contributed by atoms with E-state index in [2.05, 4.69) is 15.5 Å². The fraction of sp³-hybridized carbons (Fsp3) is 0.300. The van der Waals surface area contributed by atoms with E-state index in [1.165, 1.54) is 36.6 Å². The Balaban J connectivity index is 2.46. The Bertz CT molecular complexity index is 725. The first-order chi connectivity index (χ1) is 9.34. The summed E-state index contributed by atoms with van der Waals surface area (Å²) in [4.78, 5) is 0.661. The van der Waals surface area contributed by atoms with E-state index in [-0.39, 0.29) is 10.6 Å². The van der Waals surface area contributed by atoms with E-state index < -0.39 is 10.0 Å². The average molecular weight is 314 g/mol. The van der Waals surface area contributed by atoms with Crippen molar-refractivity contribution in [1.82, 2.24) is 24.5 Å². The van der Waals surface area contributed by atoms with Crippen LogP contribution in [0.1, 0.15) is 0 Å². The van der Waals surface area contributed by atoms with E-state index in [9.17, 15) is 8.42 Å². The van der Waals surface area contributed by atoms with Gasteiger partial charge in [-0.1, -0.05) is 6.07 Å². The third-order valence-corrected chi connectivity index (χ3v) is 5.54. The second-order valence-corrected chi connectivity index (χ2v) is 7.27. The van der Waals surface area contributed by atoms with Gasteiger partial charge in [0.2, 0.25) is 15.2 Å². The molecule has 0 bridgehead atoms. The SMILES string of the molecule is CN(C)S(=O)(=O)c1cccc(Sc2nnnn2C)c1N. The predicted octanol–water partition coefficient (Wildman–Crippen LogP) is 0.194. The van der Waals surface area contributed by atoms with Crippen LogP contribution in [0.4, 0.5) is 5.69 Å². The van der Waals surface area contributed by atoms with Crippen molar-refractivity contribution in [3.05, 3.63) is 18.2 Å². The molecule has 2 aromatic rings. The van der Waals surface area contributed by atoms with Gasteiger partial charge in [-0.25, -0.2) is 17.4 Å². The minimum atomic E-state index is -3.58. The van der Waals surface area contributed by atoms with Crippen LogP contribution in [0.3, 0.4) is 0 Å². The van der Waals surface area contributed by atoms with Crippen LogP contribution in [-0.2, 0) is 17.1 Å². The van der Waals surface area contributed by atoms with E-state index in [1.54, 1.807) is 19.2 Å². The number of hydrogen-bond donors (Lipinski definition) is 1. The van der Waals surface area contributed by atoms with Gasteiger partial charge in [-0.05, 0) is 34.3 Å². The molecule has 0 aliphatic heterocycles. The highest BCUT2D eigenvalue weighted by Crippen LogP contribution is 2.34. The van der Waals surface area contributed by atoms with Crippen molar-refractivity contribution in [2.24, 2.45) is 7.05 Å². The van der Waals surface area contributed by atoms with Crippen molar-refractivity contribution >= 4 is 27.5 Å². The van der Waals surface area contributed by atoms with E-state index in [1.807, 2.05) is 0 Å². The van der Waals surface area contributed by atoms with Crippen LogP contribution in [-0.4, -0.2) is 47.0 Å². The Morgan fingerprint density at radius 2 is 2.05 bits per heavy atom. The van der Waals surface area contributed by atoms with Crippen LogP contribution in [0.2, 0.25) is 0 Å². The van der Waals surface area contributed by atoms with E-state index >= 15 is 0 Å². The summed E-state index contributed by atoms with van der Waals surface area (Å²) in [5.74, 6) is 0. The second-order valence-electron chi connectivity index (χ2n) is 4.14. The van der Waals surface area contributed by atoms with Crippen LogP contribution in [0.5, 0.6) is 0 Å². The Morgan fingerprint density at radius 3 is 2.60 bits per heavy atom. The number of nitrogens with two attached hydrogens (primary N) is 1. The van der Waals surface area contributed by atoms with Crippen LogP contribution in [0.25, 0.3) is 0 Å². The third kappa shape index (κ3) is 2.62. The van der Waals surface area contributed by atoms with Gasteiger partial charge in [-0.3, -0.25) is 0 Å². The van der Waals surface area contributed by atoms with Gasteiger partial charge >= 0.3 is 0 Å². The van der Waals surface area contributed by atoms with Crippen LogP contribution in [0.15, 0.2) is 33.1 Å². The van der Waals surface area contributed by atoms with E-state index in [4.69, 9.17) is 5.73 Å². The Labute approximate surface area is 121 Å². The van der Waals surface area contributed by atoms with Crippen LogP contribution < -0.4 is 5.73 Å². The molecule has 0 saturated carbocycles. The van der Waals surface area contributed by atoms with Gasteiger partial charge in [0.15, 0.2) is 0 Å². The Morgan fingerprint density at radius 1 is 1.35 bits per heavy atom. The molecular formula is C10H14N6O2S2. The molecule has 0 aliphatic rings. The summed E-state index contributed by atoms with van der Waals surface area (Å²) in [5.41, 5.74) is 6.16. The molecule has 2 rings (SSSR count). The lowest BCUT2D eigenvalue weighted by Gasteiger charge is -2.14. The number of rotatable bonds is 4. The maximum atomic E-state index is 12.2. The number of benzene rings is 1. The zero-order valence-electron chi connectivity index (χ0n) is 11.2. The molecule has 8 nitrogen and oxygen atoms in total. The fourth-order valence-corrected chi connectivity index (χ4v) is 3.35. The average Bonchev–Trinajstić information content (AvgIpc) is 2.77. The predicted molar refractivity (Wildman–Crippen MR) is 74.6 cm³/mol. The normalized spacial score (nSPS) is 12.0. The van der Waals surface area contributed by atoms with Crippen molar-refractivity contribution in [1.29, 1.82) is 0 Å². The summed E-state index contributed by atoms with van der Waals surface area (Å²) in [5, 5.41) is 11.6. The number of nitrogen functional groups attached to an aromatic ring is 1. The molecule has 0 unspecified atom stereocenters. The molecule has 108 valence electrons.